The highest BCUT2D eigenvalue weighted by molar-refractivity contribution is 7.10. The number of anilines is 1. The van der Waals surface area contributed by atoms with Crippen LogP contribution in [0, 0.1) is 6.92 Å². The number of hydrogen-bond donors (Lipinski definition) is 1. The van der Waals surface area contributed by atoms with Crippen LogP contribution in [-0.4, -0.2) is 23.9 Å². The molecule has 1 N–H and O–H groups in total. The Morgan fingerprint density at radius 3 is 2.56 bits per heavy atom. The van der Waals surface area contributed by atoms with Gasteiger partial charge in [-0.2, -0.15) is 0 Å². The van der Waals surface area contributed by atoms with E-state index in [0.717, 1.165) is 21.2 Å². The predicted octanol–water partition coefficient (Wildman–Crippen LogP) is 6.50. The van der Waals surface area contributed by atoms with Gasteiger partial charge in [-0.3, -0.25) is 14.5 Å². The van der Waals surface area contributed by atoms with Gasteiger partial charge >= 0.3 is 0 Å². The molecule has 0 saturated carbocycles. The van der Waals surface area contributed by atoms with Crippen LogP contribution in [0.4, 0.5) is 5.69 Å². The molecule has 5 nitrogen and oxygen atoms in total. The Morgan fingerprint density at radius 2 is 1.82 bits per heavy atom. The molecule has 3 aromatic carbocycles. The third-order valence-corrected chi connectivity index (χ3v) is 7.14. The molecule has 1 aromatic heterocycles. The van der Waals surface area contributed by atoms with E-state index in [-0.39, 0.29) is 22.6 Å². The Labute approximate surface area is 205 Å². The molecule has 1 fully saturated rings. The average molecular weight is 490 g/mol. The van der Waals surface area contributed by atoms with Crippen molar-refractivity contribution in [2.45, 2.75) is 13.0 Å². The van der Waals surface area contributed by atoms with Crippen molar-refractivity contribution in [3.05, 3.63) is 98.7 Å². The number of nitrogens with zero attached hydrogens (tertiary/aromatic N) is 1. The largest absolute Gasteiger partial charge is 0.507 e. The van der Waals surface area contributed by atoms with E-state index in [4.69, 9.17) is 16.3 Å². The highest BCUT2D eigenvalue weighted by Crippen LogP contribution is 2.46. The third kappa shape index (κ3) is 3.47. The SMILES string of the molecule is COc1c(Cl)cc(C)cc1/C(O)=C1/C(=O)C(=O)N(c2cccc3ccccc23)C1c1cccs1. The van der Waals surface area contributed by atoms with Gasteiger partial charge in [0.05, 0.1) is 29.0 Å². The molecule has 1 unspecified atom stereocenters. The van der Waals surface area contributed by atoms with Crippen molar-refractivity contribution in [1.29, 1.82) is 0 Å². The number of rotatable bonds is 4. The lowest BCUT2D eigenvalue weighted by molar-refractivity contribution is -0.132. The van der Waals surface area contributed by atoms with E-state index < -0.39 is 17.7 Å². The molecule has 7 heteroatoms. The third-order valence-electron chi connectivity index (χ3n) is 5.93. The summed E-state index contributed by atoms with van der Waals surface area (Å²) in [6.07, 6.45) is 0. The van der Waals surface area contributed by atoms with Crippen LogP contribution in [-0.2, 0) is 9.59 Å². The molecule has 0 spiro atoms. The second kappa shape index (κ2) is 8.63. The summed E-state index contributed by atoms with van der Waals surface area (Å²) in [7, 11) is 1.44. The summed E-state index contributed by atoms with van der Waals surface area (Å²) < 4.78 is 5.44. The van der Waals surface area contributed by atoms with Crippen LogP contribution >= 0.6 is 22.9 Å². The normalized spacial score (nSPS) is 17.5. The van der Waals surface area contributed by atoms with Crippen LogP contribution in [0.25, 0.3) is 16.5 Å². The molecule has 0 aliphatic carbocycles. The zero-order chi connectivity index (χ0) is 24.0. The highest BCUT2D eigenvalue weighted by atomic mass is 35.5. The highest BCUT2D eigenvalue weighted by Gasteiger charge is 2.48. The van der Waals surface area contributed by atoms with Crippen LogP contribution in [0.2, 0.25) is 5.02 Å². The number of carbonyl (C=O) groups is 2. The van der Waals surface area contributed by atoms with E-state index in [1.54, 1.807) is 12.1 Å². The van der Waals surface area contributed by atoms with E-state index in [1.807, 2.05) is 66.9 Å². The van der Waals surface area contributed by atoms with Crippen molar-refractivity contribution >= 4 is 56.8 Å². The second-order valence-electron chi connectivity index (χ2n) is 8.01. The molecule has 2 heterocycles. The topological polar surface area (TPSA) is 66.8 Å². The summed E-state index contributed by atoms with van der Waals surface area (Å²) in [5, 5.41) is 15.4. The van der Waals surface area contributed by atoms with Crippen LogP contribution in [0.1, 0.15) is 22.0 Å². The number of benzene rings is 3. The maximum Gasteiger partial charge on any atom is 0.300 e. The summed E-state index contributed by atoms with van der Waals surface area (Å²) in [5.41, 5.74) is 1.65. The molecule has 5 rings (SSSR count). The number of ketones is 1. The average Bonchev–Trinajstić information content (AvgIpc) is 3.45. The van der Waals surface area contributed by atoms with Gasteiger partial charge in [-0.05, 0) is 47.5 Å². The number of fused-ring (bicyclic) bond motifs is 1. The fourth-order valence-corrected chi connectivity index (χ4v) is 5.65. The number of hydrogen-bond acceptors (Lipinski definition) is 5. The Hall–Kier alpha value is -3.61. The van der Waals surface area contributed by atoms with E-state index in [0.29, 0.717) is 10.7 Å². The molecule has 0 radical (unpaired) electrons. The Bertz CT molecular complexity index is 1470. The fourth-order valence-electron chi connectivity index (χ4n) is 4.47. The van der Waals surface area contributed by atoms with Crippen LogP contribution < -0.4 is 9.64 Å². The molecule has 1 aliphatic heterocycles. The van der Waals surface area contributed by atoms with E-state index in [2.05, 4.69) is 0 Å². The summed E-state index contributed by atoms with van der Waals surface area (Å²) in [5.74, 6) is -1.54. The first-order valence-corrected chi connectivity index (χ1v) is 11.8. The van der Waals surface area contributed by atoms with Crippen molar-refractivity contribution < 1.29 is 19.4 Å². The van der Waals surface area contributed by atoms with Gasteiger partial charge in [0.25, 0.3) is 11.7 Å². The molecule has 4 aromatic rings. The number of ether oxygens (including phenoxy) is 1. The van der Waals surface area contributed by atoms with Gasteiger partial charge in [0.2, 0.25) is 0 Å². The lowest BCUT2D eigenvalue weighted by atomic mass is 9.98. The summed E-state index contributed by atoms with van der Waals surface area (Å²) in [6, 6.07) is 19.6. The fraction of sp³-hybridized carbons (Fsp3) is 0.111. The summed E-state index contributed by atoms with van der Waals surface area (Å²) >= 11 is 7.77. The number of halogens is 1. The van der Waals surface area contributed by atoms with Crippen molar-refractivity contribution in [3.63, 3.8) is 0 Å². The number of carbonyl (C=O) groups excluding carboxylic acids is 2. The maximum atomic E-state index is 13.5. The van der Waals surface area contributed by atoms with Gasteiger partial charge in [0.1, 0.15) is 17.6 Å². The van der Waals surface area contributed by atoms with Gasteiger partial charge in [-0.25, -0.2) is 0 Å². The zero-order valence-electron chi connectivity index (χ0n) is 18.4. The van der Waals surface area contributed by atoms with Gasteiger partial charge in [-0.15, -0.1) is 11.3 Å². The molecule has 0 bridgehead atoms. The minimum Gasteiger partial charge on any atom is -0.507 e. The van der Waals surface area contributed by atoms with Gasteiger partial charge in [0.15, 0.2) is 0 Å². The smallest absolute Gasteiger partial charge is 0.300 e. The maximum absolute atomic E-state index is 13.5. The van der Waals surface area contributed by atoms with Crippen molar-refractivity contribution in [2.24, 2.45) is 0 Å². The minimum atomic E-state index is -0.796. The first-order chi connectivity index (χ1) is 16.4. The Morgan fingerprint density at radius 1 is 1.06 bits per heavy atom. The number of aliphatic hydroxyl groups excluding tert-OH is 1. The first kappa shape index (κ1) is 22.2. The van der Waals surface area contributed by atoms with Gasteiger partial charge in [-0.1, -0.05) is 54.1 Å². The number of aryl methyl sites for hydroxylation is 1. The summed E-state index contributed by atoms with van der Waals surface area (Å²) in [4.78, 5) is 29.1. The second-order valence-corrected chi connectivity index (χ2v) is 9.40. The molecule has 1 aliphatic rings. The quantitative estimate of drug-likeness (QED) is 0.202. The monoisotopic (exact) mass is 489 g/mol. The van der Waals surface area contributed by atoms with Crippen molar-refractivity contribution in [3.8, 4) is 5.75 Å². The van der Waals surface area contributed by atoms with Crippen LogP contribution in [0.5, 0.6) is 5.75 Å². The molecule has 34 heavy (non-hydrogen) atoms. The van der Waals surface area contributed by atoms with E-state index in [9.17, 15) is 14.7 Å². The standard InChI is InChI=1S/C27H20ClNO4S/c1-15-13-18(26(33-2)19(28)14-15)24(30)22-23(21-11-6-12-34-21)29(27(32)25(22)31)20-10-5-8-16-7-3-4-9-17(16)20/h3-14,23,30H,1-2H3/b24-22-. The Balaban J connectivity index is 1.80. The number of methoxy groups -OCH3 is 1. The van der Waals surface area contributed by atoms with Crippen LogP contribution in [0.3, 0.4) is 0 Å². The number of Topliss-reactive ketones (excluding diaryl/α,β-unsaturated/α-hetero) is 1. The van der Waals surface area contributed by atoms with Gasteiger partial charge in [0, 0.05) is 10.3 Å². The lowest BCUT2D eigenvalue weighted by Gasteiger charge is -2.25. The molecule has 170 valence electrons. The first-order valence-electron chi connectivity index (χ1n) is 10.6. The molecular formula is C27H20ClNO4S. The lowest BCUT2D eigenvalue weighted by Crippen LogP contribution is -2.29. The van der Waals surface area contributed by atoms with Gasteiger partial charge < -0.3 is 9.84 Å². The number of aliphatic hydroxyl groups is 1. The van der Waals surface area contributed by atoms with Crippen molar-refractivity contribution in [1.82, 2.24) is 0 Å². The van der Waals surface area contributed by atoms with E-state index in [1.165, 1.54) is 23.3 Å². The Kier molecular flexibility index (Phi) is 5.63. The summed E-state index contributed by atoms with van der Waals surface area (Å²) in [6.45, 7) is 1.83. The number of thiophene rings is 1. The number of amides is 1. The van der Waals surface area contributed by atoms with Crippen LogP contribution in [0.15, 0.2) is 77.7 Å². The molecular weight excluding hydrogens is 470 g/mol. The molecule has 1 atom stereocenters. The minimum absolute atomic E-state index is 0.000325. The predicted molar refractivity (Wildman–Crippen MR) is 136 cm³/mol. The molecule has 1 saturated heterocycles. The van der Waals surface area contributed by atoms with E-state index >= 15 is 0 Å². The molecule has 1 amide bonds. The van der Waals surface area contributed by atoms with Crippen molar-refractivity contribution in [2.75, 3.05) is 12.0 Å². The zero-order valence-corrected chi connectivity index (χ0v) is 20.0.